The summed E-state index contributed by atoms with van der Waals surface area (Å²) in [6.45, 7) is 2.21. The van der Waals surface area contributed by atoms with Gasteiger partial charge >= 0.3 is 11.9 Å². The van der Waals surface area contributed by atoms with Gasteiger partial charge in [0.2, 0.25) is 0 Å². The summed E-state index contributed by atoms with van der Waals surface area (Å²) in [5, 5.41) is 15.6. The Kier molecular flexibility index (Phi) is 10.7. The zero-order valence-electron chi connectivity index (χ0n) is 17.7. The van der Waals surface area contributed by atoms with E-state index in [0.29, 0.717) is 18.2 Å². The molecular weight excluding hydrogens is 386 g/mol. The summed E-state index contributed by atoms with van der Waals surface area (Å²) in [4.78, 5) is 21.3. The normalized spacial score (nSPS) is 12.6. The summed E-state index contributed by atoms with van der Waals surface area (Å²) in [6.07, 6.45) is 2.06. The molecule has 30 heavy (non-hydrogen) atoms. The molecule has 0 aromatic heterocycles. The molecule has 0 saturated heterocycles. The molecule has 2 N–H and O–H groups in total. The number of benzene rings is 2. The van der Waals surface area contributed by atoms with Gasteiger partial charge in [-0.2, -0.15) is 0 Å². The number of nitrogens with zero attached hydrogens (tertiary/aromatic N) is 1. The van der Waals surface area contributed by atoms with Crippen LogP contribution in [0.15, 0.2) is 66.7 Å². The molecule has 2 aromatic rings. The molecule has 0 spiro atoms. The molecule has 2 rings (SSSR count). The van der Waals surface area contributed by atoms with E-state index in [4.69, 9.17) is 19.7 Å². The summed E-state index contributed by atoms with van der Waals surface area (Å²) in [7, 11) is 5.86. The average molecular weight is 415 g/mol. The van der Waals surface area contributed by atoms with Crippen LogP contribution in [0.1, 0.15) is 25.0 Å². The van der Waals surface area contributed by atoms with Gasteiger partial charge in [0.15, 0.2) is 0 Å². The zero-order chi connectivity index (χ0) is 22.5. The number of hydrogen-bond acceptors (Lipinski definition) is 5. The number of carboxylic acids is 2. The molecule has 0 heterocycles. The van der Waals surface area contributed by atoms with Crippen molar-refractivity contribution in [3.63, 3.8) is 0 Å². The van der Waals surface area contributed by atoms with Crippen molar-refractivity contribution in [3.8, 4) is 11.5 Å². The summed E-state index contributed by atoms with van der Waals surface area (Å²) < 4.78 is 11.5. The van der Waals surface area contributed by atoms with Gasteiger partial charge in [0, 0.05) is 30.7 Å². The van der Waals surface area contributed by atoms with Crippen molar-refractivity contribution in [2.45, 2.75) is 25.5 Å². The molecule has 2 aromatic carbocycles. The number of hydrogen-bond donors (Lipinski definition) is 2. The second kappa shape index (κ2) is 13.0. The maximum atomic E-state index is 9.55. The van der Waals surface area contributed by atoms with Gasteiger partial charge in [-0.3, -0.25) is 0 Å². The van der Waals surface area contributed by atoms with E-state index >= 15 is 0 Å². The van der Waals surface area contributed by atoms with Gasteiger partial charge in [0.05, 0.1) is 7.11 Å². The first kappa shape index (κ1) is 24.7. The SMILES string of the molecule is COc1cccc(OC(CC(C)N(C)C)c2ccccc2)c1.O=C(O)/C=C/C(=O)O. The van der Waals surface area contributed by atoms with Crippen LogP contribution in [-0.2, 0) is 9.59 Å². The van der Waals surface area contributed by atoms with Gasteiger partial charge in [-0.15, -0.1) is 0 Å². The fourth-order valence-corrected chi connectivity index (χ4v) is 2.42. The lowest BCUT2D eigenvalue weighted by atomic mass is 10.0. The topological polar surface area (TPSA) is 96.3 Å². The molecule has 0 aliphatic rings. The lowest BCUT2D eigenvalue weighted by molar-refractivity contribution is -0.134. The van der Waals surface area contributed by atoms with Crippen LogP contribution in [0, 0.1) is 0 Å². The first-order valence-electron chi connectivity index (χ1n) is 9.39. The Hall–Kier alpha value is -3.32. The minimum absolute atomic E-state index is 0.0192. The van der Waals surface area contributed by atoms with Crippen LogP contribution in [0.3, 0.4) is 0 Å². The Labute approximate surface area is 177 Å². The second-order valence-corrected chi connectivity index (χ2v) is 6.75. The van der Waals surface area contributed by atoms with Crippen LogP contribution >= 0.6 is 0 Å². The van der Waals surface area contributed by atoms with E-state index in [1.54, 1.807) is 7.11 Å². The minimum Gasteiger partial charge on any atom is -0.497 e. The Morgan fingerprint density at radius 3 is 2.03 bits per heavy atom. The fourth-order valence-electron chi connectivity index (χ4n) is 2.42. The number of ether oxygens (including phenoxy) is 2. The van der Waals surface area contributed by atoms with Crippen LogP contribution in [0.5, 0.6) is 11.5 Å². The van der Waals surface area contributed by atoms with Crippen LogP contribution in [0.25, 0.3) is 0 Å². The third-order valence-corrected chi connectivity index (χ3v) is 4.30. The molecule has 2 atom stereocenters. The molecule has 0 saturated carbocycles. The predicted octanol–water partition coefficient (Wildman–Crippen LogP) is 3.87. The van der Waals surface area contributed by atoms with Crippen molar-refractivity contribution in [2.75, 3.05) is 21.2 Å². The van der Waals surface area contributed by atoms with E-state index in [2.05, 4.69) is 50.2 Å². The van der Waals surface area contributed by atoms with Gasteiger partial charge in [-0.05, 0) is 38.7 Å². The van der Waals surface area contributed by atoms with Gasteiger partial charge in [0.25, 0.3) is 0 Å². The lowest BCUT2D eigenvalue weighted by Crippen LogP contribution is -2.28. The first-order chi connectivity index (χ1) is 14.2. The van der Waals surface area contributed by atoms with Crippen molar-refractivity contribution >= 4 is 11.9 Å². The van der Waals surface area contributed by atoms with Crippen LogP contribution in [-0.4, -0.2) is 54.3 Å². The number of aliphatic carboxylic acids is 2. The minimum atomic E-state index is -1.26. The third-order valence-electron chi connectivity index (χ3n) is 4.30. The largest absolute Gasteiger partial charge is 0.497 e. The average Bonchev–Trinajstić information content (AvgIpc) is 2.73. The lowest BCUT2D eigenvalue weighted by Gasteiger charge is -2.26. The molecule has 0 fully saturated rings. The maximum Gasteiger partial charge on any atom is 0.328 e. The number of carboxylic acid groups (broad SMARTS) is 2. The molecule has 0 aliphatic carbocycles. The Morgan fingerprint density at radius 1 is 0.967 bits per heavy atom. The first-order valence-corrected chi connectivity index (χ1v) is 9.39. The summed E-state index contributed by atoms with van der Waals surface area (Å²) in [5.74, 6) is -0.871. The highest BCUT2D eigenvalue weighted by Crippen LogP contribution is 2.28. The van der Waals surface area contributed by atoms with Crippen molar-refractivity contribution in [3.05, 3.63) is 72.3 Å². The van der Waals surface area contributed by atoms with Gasteiger partial charge < -0.3 is 24.6 Å². The zero-order valence-corrected chi connectivity index (χ0v) is 17.7. The molecule has 2 unspecified atom stereocenters. The fraction of sp³-hybridized carbons (Fsp3) is 0.304. The summed E-state index contributed by atoms with van der Waals surface area (Å²) in [5.41, 5.74) is 1.19. The smallest absolute Gasteiger partial charge is 0.328 e. The van der Waals surface area contributed by atoms with E-state index < -0.39 is 11.9 Å². The predicted molar refractivity (Wildman–Crippen MR) is 115 cm³/mol. The highest BCUT2D eigenvalue weighted by molar-refractivity contribution is 5.89. The van der Waals surface area contributed by atoms with Crippen molar-refractivity contribution in [1.82, 2.24) is 4.90 Å². The van der Waals surface area contributed by atoms with Gasteiger partial charge in [0.1, 0.15) is 17.6 Å². The van der Waals surface area contributed by atoms with Crippen molar-refractivity contribution < 1.29 is 29.3 Å². The van der Waals surface area contributed by atoms with Gasteiger partial charge in [-0.1, -0.05) is 36.4 Å². The monoisotopic (exact) mass is 415 g/mol. The van der Waals surface area contributed by atoms with E-state index in [-0.39, 0.29) is 6.10 Å². The third kappa shape index (κ3) is 9.75. The molecule has 0 bridgehead atoms. The Bertz CT molecular complexity index is 803. The summed E-state index contributed by atoms with van der Waals surface area (Å²) in [6, 6.07) is 18.6. The molecule has 0 amide bonds. The molecule has 7 heteroatoms. The quantitative estimate of drug-likeness (QED) is 0.600. The van der Waals surface area contributed by atoms with Crippen LogP contribution in [0.2, 0.25) is 0 Å². The Balaban J connectivity index is 0.000000479. The van der Waals surface area contributed by atoms with Crippen molar-refractivity contribution in [2.24, 2.45) is 0 Å². The maximum absolute atomic E-state index is 9.55. The summed E-state index contributed by atoms with van der Waals surface area (Å²) >= 11 is 0. The van der Waals surface area contributed by atoms with Crippen LogP contribution < -0.4 is 9.47 Å². The van der Waals surface area contributed by atoms with E-state index in [1.165, 1.54) is 5.56 Å². The highest BCUT2D eigenvalue weighted by Gasteiger charge is 2.18. The second-order valence-electron chi connectivity index (χ2n) is 6.75. The number of carbonyl (C=O) groups is 2. The number of methoxy groups -OCH3 is 1. The van der Waals surface area contributed by atoms with Gasteiger partial charge in [-0.25, -0.2) is 9.59 Å². The van der Waals surface area contributed by atoms with E-state index in [0.717, 1.165) is 17.9 Å². The Morgan fingerprint density at radius 2 is 1.53 bits per heavy atom. The van der Waals surface area contributed by atoms with E-state index in [9.17, 15) is 9.59 Å². The van der Waals surface area contributed by atoms with Crippen LogP contribution in [0.4, 0.5) is 0 Å². The molecule has 7 nitrogen and oxygen atoms in total. The standard InChI is InChI=1S/C19H25NO2.C4H4O4/c1-15(20(2)3)13-19(16-9-6-5-7-10-16)22-18-12-8-11-17(14-18)21-4;5-3(6)1-2-4(7)8/h5-12,14-15,19H,13H2,1-4H3;1-2H,(H,5,6)(H,7,8)/b;2-1+. The number of rotatable bonds is 9. The van der Waals surface area contributed by atoms with E-state index in [1.807, 2.05) is 30.3 Å². The molecule has 0 radical (unpaired) electrons. The molecule has 162 valence electrons. The molecule has 0 aliphatic heterocycles. The van der Waals surface area contributed by atoms with Crippen molar-refractivity contribution in [1.29, 1.82) is 0 Å². The highest BCUT2D eigenvalue weighted by atomic mass is 16.5. The molecular formula is C23H29NO6.